The number of rotatable bonds is 7. The summed E-state index contributed by atoms with van der Waals surface area (Å²) >= 11 is 0. The molecule has 2 aromatic rings. The van der Waals surface area contributed by atoms with Gasteiger partial charge in [0.05, 0.1) is 10.5 Å². The summed E-state index contributed by atoms with van der Waals surface area (Å²) in [6, 6.07) is 7.12. The lowest BCUT2D eigenvalue weighted by Gasteiger charge is -2.28. The second-order valence-electron chi connectivity index (χ2n) is 9.79. The van der Waals surface area contributed by atoms with Crippen molar-refractivity contribution < 1.29 is 35.9 Å². The Kier molecular flexibility index (Phi) is 7.90. The van der Waals surface area contributed by atoms with Crippen molar-refractivity contribution in [3.8, 4) is 5.75 Å². The highest BCUT2D eigenvalue weighted by Gasteiger charge is 2.34. The average Bonchev–Trinajstić information content (AvgIpc) is 2.75. The molecule has 0 aromatic heterocycles. The number of esters is 1. The van der Waals surface area contributed by atoms with Crippen LogP contribution in [0.1, 0.15) is 68.8 Å². The molecule has 0 radical (unpaired) electrons. The Morgan fingerprint density at radius 3 is 2.47 bits per heavy atom. The summed E-state index contributed by atoms with van der Waals surface area (Å²) in [5, 5.41) is 0. The van der Waals surface area contributed by atoms with Gasteiger partial charge in [-0.25, -0.2) is 17.9 Å². The van der Waals surface area contributed by atoms with Crippen LogP contribution in [-0.4, -0.2) is 26.6 Å². The van der Waals surface area contributed by atoms with Gasteiger partial charge in [0.2, 0.25) is 10.0 Å². The third-order valence-electron chi connectivity index (χ3n) is 5.56. The number of sulfonamides is 1. The fraction of sp³-hybridized carbons (Fsp3) is 0.423. The van der Waals surface area contributed by atoms with Crippen molar-refractivity contribution in [2.24, 2.45) is 0 Å². The van der Waals surface area contributed by atoms with E-state index >= 15 is 0 Å². The third-order valence-corrected chi connectivity index (χ3v) is 7.02. The van der Waals surface area contributed by atoms with Gasteiger partial charge in [-0.3, -0.25) is 0 Å². The molecule has 1 aliphatic rings. The first-order valence-electron chi connectivity index (χ1n) is 11.4. The Hall–Kier alpha value is -2.85. The number of carbonyl (C=O) groups is 1. The Bertz CT molecular complexity index is 1260. The zero-order valence-corrected chi connectivity index (χ0v) is 21.5. The predicted molar refractivity (Wildman–Crippen MR) is 130 cm³/mol. The number of ether oxygens (including phenoxy) is 2. The van der Waals surface area contributed by atoms with Crippen molar-refractivity contribution >= 4 is 21.6 Å². The quantitative estimate of drug-likeness (QED) is 0.461. The Labute approximate surface area is 209 Å². The van der Waals surface area contributed by atoms with E-state index in [0.717, 1.165) is 11.6 Å². The van der Waals surface area contributed by atoms with Crippen molar-refractivity contribution in [2.75, 3.05) is 6.61 Å². The monoisotopic (exact) mass is 525 g/mol. The molecule has 0 fully saturated rings. The zero-order chi connectivity index (χ0) is 26.9. The van der Waals surface area contributed by atoms with Gasteiger partial charge in [-0.1, -0.05) is 24.3 Å². The molecule has 0 amide bonds. The molecule has 1 N–H and O–H groups in total. The number of alkyl halides is 3. The van der Waals surface area contributed by atoms with Crippen molar-refractivity contribution in [3.05, 3.63) is 65.2 Å². The molecule has 0 saturated carbocycles. The average molecular weight is 526 g/mol. The highest BCUT2D eigenvalue weighted by molar-refractivity contribution is 7.89. The maximum absolute atomic E-state index is 13.4. The molecule has 3 rings (SSSR count). The van der Waals surface area contributed by atoms with Gasteiger partial charge in [0.25, 0.3) is 0 Å². The van der Waals surface area contributed by atoms with E-state index in [2.05, 4.69) is 11.3 Å². The number of halogens is 3. The zero-order valence-electron chi connectivity index (χ0n) is 20.7. The van der Waals surface area contributed by atoms with Gasteiger partial charge in [0.15, 0.2) is 6.61 Å². The standard InChI is InChI=1S/C26H30F3NO5S/c1-16(2)17-12-18(26(27,28)29)14-19(13-17)36(32,33)30-22-10-6-9-21-20(22)8-7-11-23(21)34-15-24(31)35-25(3,4)5/h7-8,11-14,22,30H,1,6,9-10,15H2,2-5H3/t22-/m1/s1. The molecule has 0 spiro atoms. The number of hydrogen-bond acceptors (Lipinski definition) is 5. The van der Waals surface area contributed by atoms with E-state index in [1.54, 1.807) is 39.0 Å². The molecule has 2 aromatic carbocycles. The molecule has 36 heavy (non-hydrogen) atoms. The van der Waals surface area contributed by atoms with E-state index in [9.17, 15) is 26.4 Å². The van der Waals surface area contributed by atoms with Gasteiger partial charge in [-0.2, -0.15) is 13.2 Å². The molecule has 0 unspecified atom stereocenters. The van der Waals surface area contributed by atoms with Crippen LogP contribution in [0.2, 0.25) is 0 Å². The van der Waals surface area contributed by atoms with Crippen molar-refractivity contribution in [1.29, 1.82) is 0 Å². The van der Waals surface area contributed by atoms with Crippen molar-refractivity contribution in [3.63, 3.8) is 0 Å². The summed E-state index contributed by atoms with van der Waals surface area (Å²) in [5.41, 5.74) is 0.0721. The Balaban J connectivity index is 1.88. The van der Waals surface area contributed by atoms with Gasteiger partial charge in [-0.15, -0.1) is 0 Å². The molecular formula is C26H30F3NO5S. The minimum atomic E-state index is -4.71. The maximum atomic E-state index is 13.4. The largest absolute Gasteiger partial charge is 0.482 e. The van der Waals surface area contributed by atoms with Crippen LogP contribution in [0.5, 0.6) is 5.75 Å². The molecule has 10 heteroatoms. The van der Waals surface area contributed by atoms with Crippen molar-refractivity contribution in [1.82, 2.24) is 4.72 Å². The first kappa shape index (κ1) is 27.7. The second kappa shape index (κ2) is 10.3. The highest BCUT2D eigenvalue weighted by atomic mass is 32.2. The van der Waals surface area contributed by atoms with Crippen LogP contribution >= 0.6 is 0 Å². The third kappa shape index (κ3) is 6.88. The fourth-order valence-corrected chi connectivity index (χ4v) is 5.32. The number of nitrogens with one attached hydrogen (secondary N) is 1. The second-order valence-corrected chi connectivity index (χ2v) is 11.5. The lowest BCUT2D eigenvalue weighted by molar-refractivity contribution is -0.157. The maximum Gasteiger partial charge on any atom is 0.416 e. The lowest BCUT2D eigenvalue weighted by atomic mass is 9.87. The number of carbonyl (C=O) groups excluding carboxylic acids is 1. The van der Waals surface area contributed by atoms with E-state index < -0.39 is 44.3 Å². The van der Waals surface area contributed by atoms with Crippen LogP contribution in [0, 0.1) is 0 Å². The molecule has 196 valence electrons. The summed E-state index contributed by atoms with van der Waals surface area (Å²) in [5.74, 6) is -0.100. The van der Waals surface area contributed by atoms with Crippen LogP contribution in [0.3, 0.4) is 0 Å². The van der Waals surface area contributed by atoms with E-state index in [-0.39, 0.29) is 12.2 Å². The number of fused-ring (bicyclic) bond motifs is 1. The molecule has 0 aliphatic heterocycles. The molecule has 0 heterocycles. The molecule has 1 aliphatic carbocycles. The van der Waals surface area contributed by atoms with E-state index in [1.165, 1.54) is 13.0 Å². The Morgan fingerprint density at radius 1 is 1.17 bits per heavy atom. The van der Waals surface area contributed by atoms with Gasteiger partial charge in [0, 0.05) is 6.04 Å². The summed E-state index contributed by atoms with van der Waals surface area (Å²) in [4.78, 5) is 11.6. The van der Waals surface area contributed by atoms with Gasteiger partial charge < -0.3 is 9.47 Å². The van der Waals surface area contributed by atoms with Crippen LogP contribution in [0.25, 0.3) is 5.57 Å². The molecule has 0 saturated heterocycles. The summed E-state index contributed by atoms with van der Waals surface area (Å²) in [6.45, 7) is 10.1. The number of hydrogen-bond donors (Lipinski definition) is 1. The Morgan fingerprint density at radius 2 is 1.86 bits per heavy atom. The van der Waals surface area contributed by atoms with Crippen LogP contribution in [0.15, 0.2) is 47.9 Å². The van der Waals surface area contributed by atoms with Crippen LogP contribution in [0.4, 0.5) is 13.2 Å². The smallest absolute Gasteiger partial charge is 0.416 e. The number of allylic oxidation sites excluding steroid dienone is 1. The van der Waals surface area contributed by atoms with Gasteiger partial charge in [0.1, 0.15) is 11.4 Å². The van der Waals surface area contributed by atoms with E-state index in [1.807, 2.05) is 0 Å². The molecule has 6 nitrogen and oxygen atoms in total. The first-order valence-corrected chi connectivity index (χ1v) is 12.9. The summed E-state index contributed by atoms with van der Waals surface area (Å²) < 4.78 is 80.2. The fourth-order valence-electron chi connectivity index (χ4n) is 4.00. The minimum absolute atomic E-state index is 0.0899. The topological polar surface area (TPSA) is 81.7 Å². The molecule has 1 atom stereocenters. The van der Waals surface area contributed by atoms with E-state index in [4.69, 9.17) is 9.47 Å². The predicted octanol–water partition coefficient (Wildman–Crippen LogP) is 5.81. The number of benzene rings is 2. The normalized spacial score (nSPS) is 16.2. The van der Waals surface area contributed by atoms with Gasteiger partial charge in [-0.05, 0) is 87.9 Å². The summed E-state index contributed by atoms with van der Waals surface area (Å²) in [7, 11) is -4.31. The lowest BCUT2D eigenvalue weighted by Crippen LogP contribution is -2.31. The molecular weight excluding hydrogens is 495 g/mol. The first-order chi connectivity index (χ1) is 16.6. The summed E-state index contributed by atoms with van der Waals surface area (Å²) in [6.07, 6.45) is -3.05. The molecule has 0 bridgehead atoms. The van der Waals surface area contributed by atoms with Crippen LogP contribution in [-0.2, 0) is 32.2 Å². The highest BCUT2D eigenvalue weighted by Crippen LogP contribution is 2.37. The van der Waals surface area contributed by atoms with Gasteiger partial charge >= 0.3 is 12.1 Å². The van der Waals surface area contributed by atoms with Crippen LogP contribution < -0.4 is 9.46 Å². The van der Waals surface area contributed by atoms with Crippen molar-refractivity contribution in [2.45, 2.75) is 69.7 Å². The van der Waals surface area contributed by atoms with E-state index in [0.29, 0.717) is 42.2 Å². The minimum Gasteiger partial charge on any atom is -0.482 e. The SMILES string of the molecule is C=C(C)c1cc(C(F)(F)F)cc(S(=O)(=O)N[C@@H]2CCCc3c(OCC(=O)OC(C)(C)C)cccc32)c1.